The van der Waals surface area contributed by atoms with E-state index in [1.165, 1.54) is 0 Å². The van der Waals surface area contributed by atoms with Gasteiger partial charge in [-0.1, -0.05) is 30.4 Å². The number of anilines is 1. The second-order valence-corrected chi connectivity index (χ2v) is 4.06. The fraction of sp³-hybridized carbons (Fsp3) is 0.154. The number of amides is 1. The Bertz CT molecular complexity index is 504. The van der Waals surface area contributed by atoms with Crippen LogP contribution in [0.25, 0.3) is 0 Å². The molecule has 3 rings (SSSR count). The van der Waals surface area contributed by atoms with Gasteiger partial charge in [-0.15, -0.1) is 0 Å². The Morgan fingerprint density at radius 2 is 2.06 bits per heavy atom. The number of carbonyl (C=O) groups excluding carboxylic acids is 1. The average Bonchev–Trinajstić information content (AvgIpc) is 2.63. The molecule has 2 heterocycles. The summed E-state index contributed by atoms with van der Waals surface area (Å²) in [4.78, 5) is 13.7. The minimum Gasteiger partial charge on any atom is -0.369 e. The average molecular weight is 212 g/mol. The lowest BCUT2D eigenvalue weighted by atomic mass is 9.93. The molecule has 2 unspecified atom stereocenters. The van der Waals surface area contributed by atoms with Gasteiger partial charge in [0.2, 0.25) is 5.91 Å². The van der Waals surface area contributed by atoms with Crippen molar-refractivity contribution in [1.82, 2.24) is 0 Å². The highest BCUT2D eigenvalue weighted by molar-refractivity contribution is 5.89. The lowest BCUT2D eigenvalue weighted by Crippen LogP contribution is -2.35. The van der Waals surface area contributed by atoms with Gasteiger partial charge < -0.3 is 10.6 Å². The predicted octanol–water partition coefficient (Wildman–Crippen LogP) is 1.53. The first-order valence-corrected chi connectivity index (χ1v) is 5.30. The van der Waals surface area contributed by atoms with Crippen LogP contribution in [0.2, 0.25) is 0 Å². The molecule has 0 bridgehead atoms. The van der Waals surface area contributed by atoms with Gasteiger partial charge in [0.15, 0.2) is 0 Å². The van der Waals surface area contributed by atoms with Gasteiger partial charge in [-0.05, 0) is 17.7 Å². The number of carbonyl (C=O) groups is 1. The summed E-state index contributed by atoms with van der Waals surface area (Å²) in [5.41, 5.74) is 7.60. The van der Waals surface area contributed by atoms with Crippen molar-refractivity contribution in [2.24, 2.45) is 5.73 Å². The summed E-state index contributed by atoms with van der Waals surface area (Å²) in [5.74, 6) is -0.503. The number of hydrogen-bond acceptors (Lipinski definition) is 2. The molecule has 1 amide bonds. The smallest absolute Gasteiger partial charge is 0.227 e. The van der Waals surface area contributed by atoms with Gasteiger partial charge in [0.25, 0.3) is 0 Å². The standard InChI is InChI=1S/C13H12N2O/c14-13(16)12-9-5-1-2-6-10(9)15-8-4-3-7-11(12)15/h1-8,11-12H,(H2,14,16). The minimum absolute atomic E-state index is 0.0416. The third-order valence-corrected chi connectivity index (χ3v) is 3.19. The number of benzene rings is 1. The number of nitrogens with zero attached hydrogens (tertiary/aromatic N) is 1. The van der Waals surface area contributed by atoms with Crippen molar-refractivity contribution in [2.75, 3.05) is 4.90 Å². The molecule has 3 heteroatoms. The molecule has 2 N–H and O–H groups in total. The van der Waals surface area contributed by atoms with Crippen LogP contribution in [0.15, 0.2) is 48.7 Å². The van der Waals surface area contributed by atoms with Gasteiger partial charge in [0.05, 0.1) is 12.0 Å². The zero-order valence-corrected chi connectivity index (χ0v) is 8.71. The number of primary amides is 1. The van der Waals surface area contributed by atoms with Crippen molar-refractivity contribution in [3.05, 3.63) is 54.3 Å². The maximum Gasteiger partial charge on any atom is 0.227 e. The second-order valence-electron chi connectivity index (χ2n) is 4.06. The summed E-state index contributed by atoms with van der Waals surface area (Å²) in [6.07, 6.45) is 7.95. The first-order chi connectivity index (χ1) is 7.79. The normalized spacial score (nSPS) is 25.4. The van der Waals surface area contributed by atoms with Crippen molar-refractivity contribution in [2.45, 2.75) is 12.0 Å². The van der Waals surface area contributed by atoms with Crippen molar-refractivity contribution in [3.8, 4) is 0 Å². The highest BCUT2D eigenvalue weighted by atomic mass is 16.1. The van der Waals surface area contributed by atoms with E-state index < -0.39 is 0 Å². The molecule has 0 spiro atoms. The highest BCUT2D eigenvalue weighted by Gasteiger charge is 2.39. The van der Waals surface area contributed by atoms with Crippen LogP contribution in [-0.4, -0.2) is 11.9 Å². The van der Waals surface area contributed by atoms with Crippen LogP contribution >= 0.6 is 0 Å². The molecule has 2 aliphatic rings. The lowest BCUT2D eigenvalue weighted by Gasteiger charge is -2.25. The Morgan fingerprint density at radius 1 is 1.25 bits per heavy atom. The quantitative estimate of drug-likeness (QED) is 0.767. The second kappa shape index (κ2) is 3.23. The van der Waals surface area contributed by atoms with E-state index in [2.05, 4.69) is 4.90 Å². The van der Waals surface area contributed by atoms with E-state index in [4.69, 9.17) is 5.73 Å². The number of hydrogen-bond donors (Lipinski definition) is 1. The third kappa shape index (κ3) is 1.11. The van der Waals surface area contributed by atoms with Gasteiger partial charge in [0, 0.05) is 11.9 Å². The highest BCUT2D eigenvalue weighted by Crippen LogP contribution is 2.42. The molecule has 0 aliphatic carbocycles. The summed E-state index contributed by atoms with van der Waals surface area (Å²) >= 11 is 0. The third-order valence-electron chi connectivity index (χ3n) is 3.19. The van der Waals surface area contributed by atoms with Crippen molar-refractivity contribution >= 4 is 11.6 Å². The molecule has 0 aromatic heterocycles. The molecule has 16 heavy (non-hydrogen) atoms. The molecule has 2 aliphatic heterocycles. The Hall–Kier alpha value is -2.03. The van der Waals surface area contributed by atoms with E-state index in [9.17, 15) is 4.79 Å². The van der Waals surface area contributed by atoms with Gasteiger partial charge in [0.1, 0.15) is 0 Å². The molecule has 0 fully saturated rings. The fourth-order valence-corrected chi connectivity index (χ4v) is 2.52. The molecule has 0 saturated heterocycles. The van der Waals surface area contributed by atoms with E-state index in [0.717, 1.165) is 11.3 Å². The monoisotopic (exact) mass is 212 g/mol. The molecular weight excluding hydrogens is 200 g/mol. The fourth-order valence-electron chi connectivity index (χ4n) is 2.52. The molecule has 1 aromatic carbocycles. The molecule has 0 radical (unpaired) electrons. The number of fused-ring (bicyclic) bond motifs is 3. The summed E-state index contributed by atoms with van der Waals surface area (Å²) in [7, 11) is 0. The molecule has 80 valence electrons. The van der Waals surface area contributed by atoms with Crippen LogP contribution in [0, 0.1) is 0 Å². The summed E-state index contributed by atoms with van der Waals surface area (Å²) < 4.78 is 0. The molecule has 3 nitrogen and oxygen atoms in total. The number of nitrogens with two attached hydrogens (primary N) is 1. The maximum atomic E-state index is 11.6. The SMILES string of the molecule is NC(=O)C1c2ccccc2N2C=CC=CC12. The summed E-state index contributed by atoms with van der Waals surface area (Å²) in [6, 6.07) is 7.96. The van der Waals surface area contributed by atoms with Crippen LogP contribution in [0.1, 0.15) is 11.5 Å². The van der Waals surface area contributed by atoms with Crippen LogP contribution < -0.4 is 10.6 Å². The zero-order chi connectivity index (χ0) is 11.1. The first kappa shape index (κ1) is 9.21. The Labute approximate surface area is 93.9 Å². The van der Waals surface area contributed by atoms with Crippen LogP contribution in [0.3, 0.4) is 0 Å². The lowest BCUT2D eigenvalue weighted by molar-refractivity contribution is -0.119. The first-order valence-electron chi connectivity index (χ1n) is 5.30. The van der Waals surface area contributed by atoms with E-state index >= 15 is 0 Å². The minimum atomic E-state index is -0.264. The van der Waals surface area contributed by atoms with Gasteiger partial charge in [-0.2, -0.15) is 0 Å². The van der Waals surface area contributed by atoms with Crippen LogP contribution in [-0.2, 0) is 4.79 Å². The van der Waals surface area contributed by atoms with Gasteiger partial charge in [-0.25, -0.2) is 0 Å². The molecular formula is C13H12N2O. The van der Waals surface area contributed by atoms with Crippen LogP contribution in [0.5, 0.6) is 0 Å². The van der Waals surface area contributed by atoms with E-state index in [-0.39, 0.29) is 17.9 Å². The Kier molecular flexibility index (Phi) is 1.86. The van der Waals surface area contributed by atoms with Crippen molar-refractivity contribution in [1.29, 1.82) is 0 Å². The topological polar surface area (TPSA) is 46.3 Å². The van der Waals surface area contributed by atoms with Crippen LogP contribution in [0.4, 0.5) is 5.69 Å². The van der Waals surface area contributed by atoms with E-state index in [1.807, 2.05) is 48.7 Å². The van der Waals surface area contributed by atoms with Gasteiger partial charge in [-0.3, -0.25) is 4.79 Å². The molecule has 0 saturated carbocycles. The maximum absolute atomic E-state index is 11.6. The summed E-state index contributed by atoms with van der Waals surface area (Å²) in [5, 5.41) is 0. The van der Waals surface area contributed by atoms with Crippen molar-refractivity contribution in [3.63, 3.8) is 0 Å². The Balaban J connectivity index is 2.18. The number of allylic oxidation sites excluding steroid dienone is 2. The number of para-hydroxylation sites is 1. The van der Waals surface area contributed by atoms with E-state index in [0.29, 0.717) is 0 Å². The number of rotatable bonds is 1. The summed E-state index contributed by atoms with van der Waals surface area (Å²) in [6.45, 7) is 0. The van der Waals surface area contributed by atoms with Crippen molar-refractivity contribution < 1.29 is 4.79 Å². The van der Waals surface area contributed by atoms with Gasteiger partial charge >= 0.3 is 0 Å². The largest absolute Gasteiger partial charge is 0.369 e. The van der Waals surface area contributed by atoms with E-state index in [1.54, 1.807) is 0 Å². The molecule has 1 aromatic rings. The molecule has 2 atom stereocenters. The Morgan fingerprint density at radius 3 is 2.88 bits per heavy atom. The zero-order valence-electron chi connectivity index (χ0n) is 8.71. The predicted molar refractivity (Wildman–Crippen MR) is 62.9 cm³/mol.